The first kappa shape index (κ1) is 21.4. The summed E-state index contributed by atoms with van der Waals surface area (Å²) in [5, 5.41) is 4.12. The maximum atomic E-state index is 13.0. The maximum Gasteiger partial charge on any atom is 0.255 e. The van der Waals surface area contributed by atoms with Crippen LogP contribution in [-0.4, -0.2) is 61.1 Å². The maximum absolute atomic E-state index is 13.0. The molecule has 0 aromatic carbocycles. The first-order valence-electron chi connectivity index (χ1n) is 12.2. The second-order valence-corrected chi connectivity index (χ2v) is 9.87. The summed E-state index contributed by atoms with van der Waals surface area (Å²) < 4.78 is 1.66. The van der Waals surface area contributed by atoms with Crippen LogP contribution in [0.15, 0.2) is 23.3 Å². The summed E-state index contributed by atoms with van der Waals surface area (Å²) in [6.45, 7) is 5.75. The minimum Gasteiger partial charge on any atom is -0.341 e. The lowest BCUT2D eigenvalue weighted by Gasteiger charge is -2.38. The summed E-state index contributed by atoms with van der Waals surface area (Å²) >= 11 is 0. The molecule has 0 bridgehead atoms. The molecule has 2 fully saturated rings. The number of carbonyl (C=O) groups excluding carboxylic acids is 1. The summed E-state index contributed by atoms with van der Waals surface area (Å²) in [7, 11) is 0. The van der Waals surface area contributed by atoms with Crippen molar-refractivity contribution in [3.63, 3.8) is 0 Å². The fourth-order valence-electron chi connectivity index (χ4n) is 5.61. The number of aromatic nitrogens is 4. The summed E-state index contributed by atoms with van der Waals surface area (Å²) in [5.41, 5.74) is 1.89. The highest BCUT2D eigenvalue weighted by molar-refractivity contribution is 5.76. The Bertz CT molecular complexity index is 984. The van der Waals surface area contributed by atoms with E-state index in [1.54, 1.807) is 10.9 Å². The smallest absolute Gasteiger partial charge is 0.255 e. The van der Waals surface area contributed by atoms with E-state index in [1.165, 1.54) is 25.7 Å². The Morgan fingerprint density at radius 3 is 2.62 bits per heavy atom. The topological polar surface area (TPSA) is 87.1 Å². The number of amides is 1. The molecule has 2 aromatic heterocycles. The summed E-state index contributed by atoms with van der Waals surface area (Å²) in [5.74, 6) is 1.95. The zero-order valence-electron chi connectivity index (χ0n) is 19.0. The molecule has 32 heavy (non-hydrogen) atoms. The largest absolute Gasteiger partial charge is 0.341 e. The van der Waals surface area contributed by atoms with Crippen molar-refractivity contribution in [1.29, 1.82) is 0 Å². The van der Waals surface area contributed by atoms with Crippen LogP contribution in [0.5, 0.6) is 0 Å². The number of likely N-dealkylation sites (tertiary alicyclic amines) is 1. The van der Waals surface area contributed by atoms with Gasteiger partial charge in [-0.15, -0.1) is 0 Å². The summed E-state index contributed by atoms with van der Waals surface area (Å²) in [6, 6.07) is 2.44. The number of rotatable bonds is 4. The number of nitrogens with one attached hydrogen (secondary N) is 1. The van der Waals surface area contributed by atoms with Gasteiger partial charge in [-0.25, -0.2) is 4.98 Å². The highest BCUT2D eigenvalue weighted by atomic mass is 16.2. The number of carbonyl (C=O) groups is 1. The third-order valence-corrected chi connectivity index (χ3v) is 7.71. The van der Waals surface area contributed by atoms with Crippen molar-refractivity contribution in [1.82, 2.24) is 29.5 Å². The van der Waals surface area contributed by atoms with Gasteiger partial charge >= 0.3 is 0 Å². The van der Waals surface area contributed by atoms with Gasteiger partial charge in [0, 0.05) is 57.0 Å². The van der Waals surface area contributed by atoms with Gasteiger partial charge in [0.15, 0.2) is 0 Å². The molecular weight excluding hydrogens is 404 g/mol. The second-order valence-electron chi connectivity index (χ2n) is 9.87. The minimum atomic E-state index is 0.0380. The highest BCUT2D eigenvalue weighted by Crippen LogP contribution is 2.30. The van der Waals surface area contributed by atoms with Crippen molar-refractivity contribution >= 4 is 5.91 Å². The molecule has 1 N–H and O–H groups in total. The van der Waals surface area contributed by atoms with Gasteiger partial charge in [0.2, 0.25) is 5.91 Å². The van der Waals surface area contributed by atoms with Crippen LogP contribution in [0, 0.1) is 5.92 Å². The first-order valence-corrected chi connectivity index (χ1v) is 12.2. The van der Waals surface area contributed by atoms with Crippen LogP contribution in [0.1, 0.15) is 68.4 Å². The van der Waals surface area contributed by atoms with E-state index in [0.29, 0.717) is 19.1 Å². The van der Waals surface area contributed by atoms with Gasteiger partial charge in [-0.3, -0.25) is 19.2 Å². The third-order valence-electron chi connectivity index (χ3n) is 7.71. The van der Waals surface area contributed by atoms with Gasteiger partial charge < -0.3 is 9.88 Å². The fourth-order valence-corrected chi connectivity index (χ4v) is 5.61. The molecule has 8 heteroatoms. The number of fused-ring (bicyclic) bond motifs is 1. The molecule has 1 amide bonds. The molecule has 1 saturated carbocycles. The molecule has 0 unspecified atom stereocenters. The van der Waals surface area contributed by atoms with E-state index in [-0.39, 0.29) is 23.9 Å². The quantitative estimate of drug-likeness (QED) is 0.792. The number of aromatic amines is 1. The van der Waals surface area contributed by atoms with Gasteiger partial charge in [0.25, 0.3) is 5.56 Å². The highest BCUT2D eigenvalue weighted by Gasteiger charge is 2.31. The molecule has 5 rings (SSSR count). The average molecular weight is 439 g/mol. The number of hydrogen-bond donors (Lipinski definition) is 1. The summed E-state index contributed by atoms with van der Waals surface area (Å²) in [4.78, 5) is 37.9. The fraction of sp³-hybridized carbons (Fsp3) is 0.667. The Balaban J connectivity index is 1.21. The molecule has 2 aliphatic heterocycles. The standard InChI is InChI=1S/C24H34N6O2/c1-17-3-5-19(6-4-17)29-14-9-21-20(15-29)24(32)27-23(26-21)18-7-12-28(13-8-18)22(31)16-30-11-2-10-25-30/h2,10-11,17-19H,3-9,12-16H2,1H3,(H,26,27,32). The molecule has 4 heterocycles. The van der Waals surface area contributed by atoms with Gasteiger partial charge in [0.1, 0.15) is 12.4 Å². The Morgan fingerprint density at radius 1 is 1.12 bits per heavy atom. The molecule has 8 nitrogen and oxygen atoms in total. The van der Waals surface area contributed by atoms with Crippen molar-refractivity contribution in [2.45, 2.75) is 76.9 Å². The lowest BCUT2D eigenvalue weighted by atomic mass is 9.86. The van der Waals surface area contributed by atoms with Crippen LogP contribution in [0.2, 0.25) is 0 Å². The van der Waals surface area contributed by atoms with E-state index < -0.39 is 0 Å². The van der Waals surface area contributed by atoms with Crippen LogP contribution >= 0.6 is 0 Å². The molecule has 0 radical (unpaired) electrons. The molecule has 1 saturated heterocycles. The SMILES string of the molecule is CC1CCC(N2CCc3nc(C4CCN(C(=O)Cn5cccn5)CC4)[nH]c(=O)c3C2)CC1. The van der Waals surface area contributed by atoms with Crippen molar-refractivity contribution < 1.29 is 4.79 Å². The molecule has 172 valence electrons. The zero-order valence-corrected chi connectivity index (χ0v) is 19.0. The predicted molar refractivity (Wildman–Crippen MR) is 121 cm³/mol. The van der Waals surface area contributed by atoms with Gasteiger partial charge in [-0.1, -0.05) is 6.92 Å². The molecule has 3 aliphatic rings. The lowest BCUT2D eigenvalue weighted by Crippen LogP contribution is -2.44. The molecule has 1 aliphatic carbocycles. The predicted octanol–water partition coefficient (Wildman–Crippen LogP) is 2.31. The Labute approximate surface area is 189 Å². The third kappa shape index (κ3) is 4.51. The first-order chi connectivity index (χ1) is 15.6. The Kier molecular flexibility index (Phi) is 6.13. The number of H-pyrrole nitrogens is 1. The Hall–Kier alpha value is -2.48. The number of nitrogens with zero attached hydrogens (tertiary/aromatic N) is 5. The zero-order chi connectivity index (χ0) is 22.1. The average Bonchev–Trinajstić information content (AvgIpc) is 3.32. The van der Waals surface area contributed by atoms with Crippen LogP contribution in [-0.2, 0) is 24.3 Å². The summed E-state index contributed by atoms with van der Waals surface area (Å²) in [6.07, 6.45) is 11.1. The van der Waals surface area contributed by atoms with E-state index >= 15 is 0 Å². The Morgan fingerprint density at radius 2 is 1.91 bits per heavy atom. The van der Waals surface area contributed by atoms with Crippen molar-refractivity contribution in [3.05, 3.63) is 45.9 Å². The van der Waals surface area contributed by atoms with Crippen LogP contribution in [0.25, 0.3) is 0 Å². The van der Waals surface area contributed by atoms with Crippen LogP contribution < -0.4 is 5.56 Å². The molecular formula is C24H34N6O2. The van der Waals surface area contributed by atoms with Crippen molar-refractivity contribution in [3.8, 4) is 0 Å². The van der Waals surface area contributed by atoms with Gasteiger partial charge in [0.05, 0.1) is 11.3 Å². The van der Waals surface area contributed by atoms with E-state index in [0.717, 1.165) is 55.4 Å². The van der Waals surface area contributed by atoms with Gasteiger partial charge in [-0.2, -0.15) is 5.10 Å². The monoisotopic (exact) mass is 438 g/mol. The van der Waals surface area contributed by atoms with E-state index in [2.05, 4.69) is 21.9 Å². The van der Waals surface area contributed by atoms with E-state index in [1.807, 2.05) is 17.2 Å². The van der Waals surface area contributed by atoms with Crippen LogP contribution in [0.4, 0.5) is 0 Å². The van der Waals surface area contributed by atoms with Crippen LogP contribution in [0.3, 0.4) is 0 Å². The minimum absolute atomic E-state index is 0.0380. The normalized spacial score (nSPS) is 25.0. The number of piperidine rings is 1. The lowest BCUT2D eigenvalue weighted by molar-refractivity contribution is -0.133. The molecule has 2 aromatic rings. The van der Waals surface area contributed by atoms with Crippen molar-refractivity contribution in [2.24, 2.45) is 5.92 Å². The second kappa shape index (κ2) is 9.17. The van der Waals surface area contributed by atoms with Gasteiger partial charge in [-0.05, 0) is 50.5 Å². The molecule has 0 atom stereocenters. The van der Waals surface area contributed by atoms with Crippen molar-refractivity contribution in [2.75, 3.05) is 19.6 Å². The van der Waals surface area contributed by atoms with E-state index in [9.17, 15) is 9.59 Å². The number of hydrogen-bond acceptors (Lipinski definition) is 5. The van der Waals surface area contributed by atoms with E-state index in [4.69, 9.17) is 4.98 Å². The molecule has 0 spiro atoms.